The minimum atomic E-state index is 0.521. The second kappa shape index (κ2) is 6.07. The third kappa shape index (κ3) is 3.62. The average molecular weight is 261 g/mol. The zero-order chi connectivity index (χ0) is 13.0. The van der Waals surface area contributed by atoms with Gasteiger partial charge in [-0.2, -0.15) is 0 Å². The van der Waals surface area contributed by atoms with Gasteiger partial charge in [0.25, 0.3) is 0 Å². The second-order valence-electron chi connectivity index (χ2n) is 4.87. The van der Waals surface area contributed by atoms with Crippen molar-refractivity contribution in [3.05, 3.63) is 46.2 Å². The summed E-state index contributed by atoms with van der Waals surface area (Å²) in [6, 6.07) is 4.08. The van der Waals surface area contributed by atoms with E-state index in [1.165, 1.54) is 10.6 Å². The Kier molecular flexibility index (Phi) is 4.44. The van der Waals surface area contributed by atoms with Crippen molar-refractivity contribution in [3.63, 3.8) is 0 Å². The molecule has 0 fully saturated rings. The molecule has 2 aromatic rings. The Balaban J connectivity index is 1.92. The van der Waals surface area contributed by atoms with Crippen LogP contribution in [-0.2, 0) is 13.1 Å². The number of thiazole rings is 1. The summed E-state index contributed by atoms with van der Waals surface area (Å²) in [7, 11) is 2.11. The lowest BCUT2D eigenvalue weighted by molar-refractivity contribution is 0.315. The first kappa shape index (κ1) is 13.2. The smallest absolute Gasteiger partial charge is 0.0954 e. The van der Waals surface area contributed by atoms with Crippen molar-refractivity contribution in [1.29, 1.82) is 0 Å². The first-order chi connectivity index (χ1) is 8.65. The highest BCUT2D eigenvalue weighted by Crippen LogP contribution is 2.20. The first-order valence-corrected chi connectivity index (χ1v) is 7.05. The minimum absolute atomic E-state index is 0.521. The number of hydrogen-bond donors (Lipinski definition) is 0. The zero-order valence-electron chi connectivity index (χ0n) is 11.1. The molecule has 0 unspecified atom stereocenters. The van der Waals surface area contributed by atoms with E-state index in [0.29, 0.717) is 5.92 Å². The molecule has 0 aliphatic heterocycles. The maximum atomic E-state index is 4.65. The Morgan fingerprint density at radius 1 is 1.33 bits per heavy atom. The number of rotatable bonds is 5. The van der Waals surface area contributed by atoms with Crippen LogP contribution in [0.1, 0.15) is 36.0 Å². The molecule has 18 heavy (non-hydrogen) atoms. The van der Waals surface area contributed by atoms with E-state index in [4.69, 9.17) is 0 Å². The highest BCUT2D eigenvalue weighted by atomic mass is 32.1. The lowest BCUT2D eigenvalue weighted by Gasteiger charge is -2.14. The second-order valence-corrected chi connectivity index (χ2v) is 5.76. The lowest BCUT2D eigenvalue weighted by atomic mass is 10.2. The Hall–Kier alpha value is -1.26. The summed E-state index contributed by atoms with van der Waals surface area (Å²) in [5.74, 6) is 0.521. The van der Waals surface area contributed by atoms with Crippen LogP contribution in [0.2, 0.25) is 0 Å². The number of nitrogens with zero attached hydrogens (tertiary/aromatic N) is 3. The fourth-order valence-electron chi connectivity index (χ4n) is 1.80. The van der Waals surface area contributed by atoms with Crippen molar-refractivity contribution >= 4 is 11.3 Å². The fourth-order valence-corrected chi connectivity index (χ4v) is 2.62. The van der Waals surface area contributed by atoms with Crippen LogP contribution in [0.5, 0.6) is 0 Å². The predicted octanol–water partition coefficient (Wildman–Crippen LogP) is 3.29. The summed E-state index contributed by atoms with van der Waals surface area (Å²) in [5.41, 5.74) is 2.40. The third-order valence-electron chi connectivity index (χ3n) is 2.67. The third-order valence-corrected chi connectivity index (χ3v) is 3.86. The predicted molar refractivity (Wildman–Crippen MR) is 75.6 cm³/mol. The van der Waals surface area contributed by atoms with Crippen molar-refractivity contribution in [2.45, 2.75) is 32.9 Å². The molecule has 2 rings (SSSR count). The van der Waals surface area contributed by atoms with Crippen molar-refractivity contribution in [3.8, 4) is 0 Å². The van der Waals surface area contributed by atoms with Gasteiger partial charge in [0.1, 0.15) is 0 Å². The molecule has 0 radical (unpaired) electrons. The van der Waals surface area contributed by atoms with Gasteiger partial charge in [0.15, 0.2) is 0 Å². The number of pyridine rings is 1. The summed E-state index contributed by atoms with van der Waals surface area (Å²) in [6.07, 6.45) is 3.72. The van der Waals surface area contributed by atoms with Gasteiger partial charge in [-0.3, -0.25) is 9.88 Å². The topological polar surface area (TPSA) is 29.0 Å². The van der Waals surface area contributed by atoms with Gasteiger partial charge in [0.05, 0.1) is 10.7 Å². The standard InChI is InChI=1S/C14H19N3S/c1-11(2)14-16-13(10-18-14)9-17(3)8-12-5-4-6-15-7-12/h4-7,10-11H,8-9H2,1-3H3. The Labute approximate surface area is 113 Å². The first-order valence-electron chi connectivity index (χ1n) is 6.17. The van der Waals surface area contributed by atoms with Gasteiger partial charge in [0, 0.05) is 36.8 Å². The Morgan fingerprint density at radius 3 is 2.78 bits per heavy atom. The van der Waals surface area contributed by atoms with Gasteiger partial charge < -0.3 is 0 Å². The van der Waals surface area contributed by atoms with Crippen LogP contribution in [0.3, 0.4) is 0 Å². The van der Waals surface area contributed by atoms with E-state index in [2.05, 4.69) is 47.2 Å². The monoisotopic (exact) mass is 261 g/mol. The van der Waals surface area contributed by atoms with Crippen molar-refractivity contribution in [1.82, 2.24) is 14.9 Å². The minimum Gasteiger partial charge on any atom is -0.296 e. The largest absolute Gasteiger partial charge is 0.296 e. The van der Waals surface area contributed by atoms with E-state index in [-0.39, 0.29) is 0 Å². The number of hydrogen-bond acceptors (Lipinski definition) is 4. The van der Waals surface area contributed by atoms with Gasteiger partial charge in [-0.15, -0.1) is 11.3 Å². The van der Waals surface area contributed by atoms with Gasteiger partial charge >= 0.3 is 0 Å². The Bertz CT molecular complexity index is 479. The van der Waals surface area contributed by atoms with Crippen LogP contribution in [0.15, 0.2) is 29.9 Å². The van der Waals surface area contributed by atoms with Gasteiger partial charge in [-0.05, 0) is 18.7 Å². The zero-order valence-corrected chi connectivity index (χ0v) is 11.9. The molecule has 3 nitrogen and oxygen atoms in total. The molecule has 96 valence electrons. The molecule has 0 amide bonds. The van der Waals surface area contributed by atoms with Crippen LogP contribution in [-0.4, -0.2) is 21.9 Å². The SMILES string of the molecule is CC(C)c1nc(CN(C)Cc2cccnc2)cs1. The van der Waals surface area contributed by atoms with Crippen molar-refractivity contribution in [2.24, 2.45) is 0 Å². The molecule has 4 heteroatoms. The average Bonchev–Trinajstić information content (AvgIpc) is 2.78. The maximum Gasteiger partial charge on any atom is 0.0954 e. The molecule has 0 spiro atoms. The molecule has 0 aromatic carbocycles. The van der Waals surface area contributed by atoms with Gasteiger partial charge in [0.2, 0.25) is 0 Å². The van der Waals surface area contributed by atoms with Gasteiger partial charge in [-0.25, -0.2) is 4.98 Å². The van der Waals surface area contributed by atoms with Crippen LogP contribution < -0.4 is 0 Å². The van der Waals surface area contributed by atoms with Crippen molar-refractivity contribution in [2.75, 3.05) is 7.05 Å². The van der Waals surface area contributed by atoms with Crippen LogP contribution in [0.4, 0.5) is 0 Å². The molecule has 0 aliphatic carbocycles. The van der Waals surface area contributed by atoms with E-state index >= 15 is 0 Å². The normalized spacial score (nSPS) is 11.4. The molecular weight excluding hydrogens is 242 g/mol. The van der Waals surface area contributed by atoms with Crippen LogP contribution >= 0.6 is 11.3 Å². The van der Waals surface area contributed by atoms with E-state index in [1.807, 2.05) is 12.3 Å². The maximum absolute atomic E-state index is 4.65. The quantitative estimate of drug-likeness (QED) is 0.827. The van der Waals surface area contributed by atoms with E-state index < -0.39 is 0 Å². The molecule has 2 heterocycles. The number of aromatic nitrogens is 2. The summed E-state index contributed by atoms with van der Waals surface area (Å²) >= 11 is 1.76. The summed E-state index contributed by atoms with van der Waals surface area (Å²) in [6.45, 7) is 6.16. The summed E-state index contributed by atoms with van der Waals surface area (Å²) < 4.78 is 0. The van der Waals surface area contributed by atoms with E-state index in [9.17, 15) is 0 Å². The Morgan fingerprint density at radius 2 is 2.17 bits per heavy atom. The highest BCUT2D eigenvalue weighted by Gasteiger charge is 2.08. The highest BCUT2D eigenvalue weighted by molar-refractivity contribution is 7.09. The molecule has 0 atom stereocenters. The molecular formula is C14H19N3S. The molecule has 0 saturated heterocycles. The lowest BCUT2D eigenvalue weighted by Crippen LogP contribution is -2.17. The van der Waals surface area contributed by atoms with E-state index in [1.54, 1.807) is 17.5 Å². The van der Waals surface area contributed by atoms with Gasteiger partial charge in [-0.1, -0.05) is 19.9 Å². The molecule has 2 aromatic heterocycles. The van der Waals surface area contributed by atoms with E-state index in [0.717, 1.165) is 18.8 Å². The van der Waals surface area contributed by atoms with Crippen LogP contribution in [0, 0.1) is 0 Å². The summed E-state index contributed by atoms with van der Waals surface area (Å²) in [5, 5.41) is 3.38. The molecule has 0 N–H and O–H groups in total. The fraction of sp³-hybridized carbons (Fsp3) is 0.429. The summed E-state index contributed by atoms with van der Waals surface area (Å²) in [4.78, 5) is 11.0. The van der Waals surface area contributed by atoms with Crippen LogP contribution in [0.25, 0.3) is 0 Å². The molecule has 0 aliphatic rings. The molecule has 0 bridgehead atoms. The van der Waals surface area contributed by atoms with Crippen molar-refractivity contribution < 1.29 is 0 Å². The molecule has 0 saturated carbocycles.